The van der Waals surface area contributed by atoms with E-state index in [-0.39, 0.29) is 5.57 Å². The van der Waals surface area contributed by atoms with E-state index in [0.717, 1.165) is 29.1 Å². The molecule has 1 N–H and O–H groups in total. The normalized spacial score (nSPS) is 14.4. The topological polar surface area (TPSA) is 84.9 Å². The number of nitrogens with one attached hydrogen (secondary N) is 1. The molecule has 4 amide bonds. The second-order valence-corrected chi connectivity index (χ2v) is 9.41. The lowest BCUT2D eigenvalue weighted by molar-refractivity contribution is -0.122. The second kappa shape index (κ2) is 14.0. The molecule has 0 aliphatic carbocycles. The van der Waals surface area contributed by atoms with Crippen LogP contribution in [0.1, 0.15) is 56.6 Å². The molecule has 0 aromatic heterocycles. The fraction of sp³-hybridized carbons (Fsp3) is 0.281. The van der Waals surface area contributed by atoms with Crippen LogP contribution in [0.15, 0.2) is 84.4 Å². The van der Waals surface area contributed by atoms with Gasteiger partial charge in [0.15, 0.2) is 0 Å². The zero-order chi connectivity index (χ0) is 27.5. The highest BCUT2D eigenvalue weighted by atomic mass is 16.5. The first-order valence-corrected chi connectivity index (χ1v) is 13.5. The van der Waals surface area contributed by atoms with E-state index in [0.29, 0.717) is 30.2 Å². The van der Waals surface area contributed by atoms with Crippen molar-refractivity contribution in [2.75, 3.05) is 11.5 Å². The number of benzene rings is 3. The van der Waals surface area contributed by atoms with E-state index in [2.05, 4.69) is 12.2 Å². The maximum Gasteiger partial charge on any atom is 0.335 e. The zero-order valence-corrected chi connectivity index (χ0v) is 22.2. The molecule has 1 aliphatic heterocycles. The quantitative estimate of drug-likeness (QED) is 0.153. The van der Waals surface area contributed by atoms with Crippen molar-refractivity contribution < 1.29 is 23.9 Å². The number of nitrogens with zero attached hydrogens (tertiary/aromatic N) is 1. The highest BCUT2D eigenvalue weighted by Crippen LogP contribution is 2.25. The molecule has 1 aliphatic rings. The molecule has 4 rings (SSSR count). The minimum Gasteiger partial charge on any atom is -0.494 e. The minimum absolute atomic E-state index is 0.125. The molecule has 0 radical (unpaired) electrons. The Morgan fingerprint density at radius 2 is 1.38 bits per heavy atom. The molecule has 7 nitrogen and oxygen atoms in total. The molecule has 0 unspecified atom stereocenters. The summed E-state index contributed by atoms with van der Waals surface area (Å²) in [5.74, 6) is -0.0906. The van der Waals surface area contributed by atoms with Gasteiger partial charge >= 0.3 is 6.03 Å². The van der Waals surface area contributed by atoms with E-state index in [1.165, 1.54) is 31.8 Å². The van der Waals surface area contributed by atoms with Crippen molar-refractivity contribution in [3.8, 4) is 11.5 Å². The maximum atomic E-state index is 13.2. The number of rotatable bonds is 13. The Kier molecular flexibility index (Phi) is 9.89. The Morgan fingerprint density at radius 3 is 2.10 bits per heavy atom. The van der Waals surface area contributed by atoms with Gasteiger partial charge in [-0.05, 0) is 60.0 Å². The smallest absolute Gasteiger partial charge is 0.335 e. The van der Waals surface area contributed by atoms with Crippen molar-refractivity contribution in [2.24, 2.45) is 0 Å². The van der Waals surface area contributed by atoms with Crippen LogP contribution in [0.2, 0.25) is 0 Å². The Balaban J connectivity index is 1.36. The van der Waals surface area contributed by atoms with Crippen molar-refractivity contribution in [3.05, 3.63) is 95.6 Å². The average Bonchev–Trinajstić information content (AvgIpc) is 2.95. The summed E-state index contributed by atoms with van der Waals surface area (Å²) in [5, 5.41) is 2.26. The fourth-order valence-electron chi connectivity index (χ4n) is 4.22. The second-order valence-electron chi connectivity index (χ2n) is 9.41. The number of unbranched alkanes of at least 4 members (excludes halogenated alkanes) is 5. The molecule has 1 saturated heterocycles. The first-order chi connectivity index (χ1) is 19.0. The monoisotopic (exact) mass is 526 g/mol. The van der Waals surface area contributed by atoms with Gasteiger partial charge in [-0.1, -0.05) is 81.5 Å². The van der Waals surface area contributed by atoms with Crippen molar-refractivity contribution in [3.63, 3.8) is 0 Å². The van der Waals surface area contributed by atoms with Crippen LogP contribution in [0.5, 0.6) is 11.5 Å². The van der Waals surface area contributed by atoms with Crippen molar-refractivity contribution in [1.29, 1.82) is 0 Å². The number of anilines is 1. The minimum atomic E-state index is -0.793. The summed E-state index contributed by atoms with van der Waals surface area (Å²) in [7, 11) is 0. The Hall–Kier alpha value is -4.39. The van der Waals surface area contributed by atoms with Crippen LogP contribution in [0.25, 0.3) is 6.08 Å². The summed E-state index contributed by atoms with van der Waals surface area (Å²) in [5.41, 5.74) is 1.89. The molecule has 0 atom stereocenters. The predicted molar refractivity (Wildman–Crippen MR) is 152 cm³/mol. The lowest BCUT2D eigenvalue weighted by Gasteiger charge is -2.26. The van der Waals surface area contributed by atoms with Gasteiger partial charge in [-0.15, -0.1) is 0 Å². The summed E-state index contributed by atoms with van der Waals surface area (Å²) in [6, 6.07) is 22.7. The zero-order valence-electron chi connectivity index (χ0n) is 22.2. The summed E-state index contributed by atoms with van der Waals surface area (Å²) in [4.78, 5) is 39.2. The van der Waals surface area contributed by atoms with Crippen molar-refractivity contribution >= 4 is 29.6 Å². The standard InChI is InChI=1S/C32H34N2O5/c1-2-3-4-5-6-10-21-38-27-17-13-24(14-18-27)22-29-30(35)33-32(37)34(31(29)36)26-15-19-28(20-16-26)39-23-25-11-8-7-9-12-25/h7-9,11-20,22H,2-6,10,21,23H2,1H3,(H,33,35,37)/b29-22-. The average molecular weight is 527 g/mol. The molecule has 202 valence electrons. The van der Waals surface area contributed by atoms with Crippen LogP contribution in [-0.2, 0) is 16.2 Å². The Labute approximate surface area is 229 Å². The van der Waals surface area contributed by atoms with Gasteiger partial charge < -0.3 is 9.47 Å². The number of barbiturate groups is 1. The van der Waals surface area contributed by atoms with Gasteiger partial charge in [-0.3, -0.25) is 14.9 Å². The first-order valence-electron chi connectivity index (χ1n) is 13.5. The van der Waals surface area contributed by atoms with Gasteiger partial charge in [0, 0.05) is 0 Å². The summed E-state index contributed by atoms with van der Waals surface area (Å²) < 4.78 is 11.6. The number of carbonyl (C=O) groups is 3. The highest BCUT2D eigenvalue weighted by Gasteiger charge is 2.36. The predicted octanol–water partition coefficient (Wildman–Crippen LogP) is 6.67. The summed E-state index contributed by atoms with van der Waals surface area (Å²) in [6.45, 7) is 3.26. The van der Waals surface area contributed by atoms with Crippen LogP contribution < -0.4 is 19.7 Å². The molecular formula is C32H34N2O5. The molecule has 39 heavy (non-hydrogen) atoms. The van der Waals surface area contributed by atoms with Crippen LogP contribution in [0.4, 0.5) is 10.5 Å². The Morgan fingerprint density at radius 1 is 0.744 bits per heavy atom. The summed E-state index contributed by atoms with van der Waals surface area (Å²) in [6.07, 6.45) is 8.65. The van der Waals surface area contributed by atoms with Crippen LogP contribution in [0.3, 0.4) is 0 Å². The molecule has 1 heterocycles. The van der Waals surface area contributed by atoms with Crippen molar-refractivity contribution in [2.45, 2.75) is 52.1 Å². The number of imide groups is 2. The fourth-order valence-corrected chi connectivity index (χ4v) is 4.22. The molecule has 0 spiro atoms. The molecule has 0 saturated carbocycles. The van der Waals surface area contributed by atoms with E-state index in [1.807, 2.05) is 42.5 Å². The van der Waals surface area contributed by atoms with Gasteiger partial charge in [-0.2, -0.15) is 0 Å². The number of ether oxygens (including phenoxy) is 2. The van der Waals surface area contributed by atoms with Crippen molar-refractivity contribution in [1.82, 2.24) is 5.32 Å². The summed E-state index contributed by atoms with van der Waals surface area (Å²) >= 11 is 0. The molecule has 7 heteroatoms. The SMILES string of the molecule is CCCCCCCCOc1ccc(/C=C2/C(=O)NC(=O)N(c3ccc(OCc4ccccc4)cc3)C2=O)cc1. The van der Waals surface area contributed by atoms with E-state index < -0.39 is 17.8 Å². The molecule has 1 fully saturated rings. The number of hydrogen-bond acceptors (Lipinski definition) is 5. The van der Waals surface area contributed by atoms with Crippen LogP contribution >= 0.6 is 0 Å². The van der Waals surface area contributed by atoms with Gasteiger partial charge in [0.2, 0.25) is 0 Å². The third-order valence-corrected chi connectivity index (χ3v) is 6.40. The maximum absolute atomic E-state index is 13.2. The third kappa shape index (κ3) is 7.80. The molecule has 3 aromatic carbocycles. The number of hydrogen-bond donors (Lipinski definition) is 1. The molecular weight excluding hydrogens is 492 g/mol. The van der Waals surface area contributed by atoms with Gasteiger partial charge in [-0.25, -0.2) is 9.69 Å². The highest BCUT2D eigenvalue weighted by molar-refractivity contribution is 6.39. The number of urea groups is 1. The lowest BCUT2D eigenvalue weighted by atomic mass is 10.1. The Bertz CT molecular complexity index is 1280. The van der Waals surface area contributed by atoms with Gasteiger partial charge in [0.05, 0.1) is 12.3 Å². The van der Waals surface area contributed by atoms with E-state index in [9.17, 15) is 14.4 Å². The molecule has 0 bridgehead atoms. The lowest BCUT2D eigenvalue weighted by Crippen LogP contribution is -2.54. The van der Waals surface area contributed by atoms with E-state index >= 15 is 0 Å². The van der Waals surface area contributed by atoms with E-state index in [4.69, 9.17) is 9.47 Å². The third-order valence-electron chi connectivity index (χ3n) is 6.40. The van der Waals surface area contributed by atoms with Gasteiger partial charge in [0.1, 0.15) is 23.7 Å². The molecule has 3 aromatic rings. The largest absolute Gasteiger partial charge is 0.494 e. The van der Waals surface area contributed by atoms with Crippen LogP contribution in [-0.4, -0.2) is 24.5 Å². The van der Waals surface area contributed by atoms with E-state index in [1.54, 1.807) is 36.4 Å². The first kappa shape index (κ1) is 27.6. The van der Waals surface area contributed by atoms with Gasteiger partial charge in [0.25, 0.3) is 11.8 Å². The van der Waals surface area contributed by atoms with Crippen LogP contribution in [0, 0.1) is 0 Å². The number of amides is 4. The number of carbonyl (C=O) groups excluding carboxylic acids is 3.